The minimum absolute atomic E-state index is 0.00744. The zero-order chi connectivity index (χ0) is 15.9. The molecule has 0 radical (unpaired) electrons. The van der Waals surface area contributed by atoms with Crippen LogP contribution in [0.15, 0.2) is 30.3 Å². The van der Waals surface area contributed by atoms with E-state index in [1.165, 1.54) is 0 Å². The number of hydrogen-bond acceptors (Lipinski definition) is 3. The van der Waals surface area contributed by atoms with Gasteiger partial charge in [0.15, 0.2) is 0 Å². The van der Waals surface area contributed by atoms with Gasteiger partial charge < -0.3 is 10.4 Å². The van der Waals surface area contributed by atoms with Crippen molar-refractivity contribution in [3.8, 4) is 0 Å². The van der Waals surface area contributed by atoms with Crippen LogP contribution in [0.3, 0.4) is 0 Å². The summed E-state index contributed by atoms with van der Waals surface area (Å²) in [6.07, 6.45) is 3.63. The van der Waals surface area contributed by atoms with Crippen molar-refractivity contribution >= 4 is 5.91 Å². The van der Waals surface area contributed by atoms with Gasteiger partial charge in [0.25, 0.3) is 0 Å². The largest absolute Gasteiger partial charge is 0.392 e. The third-order valence-corrected chi connectivity index (χ3v) is 4.55. The van der Waals surface area contributed by atoms with Crippen molar-refractivity contribution in [3.05, 3.63) is 35.9 Å². The SMILES string of the molecule is CCC(O)C1CCCCN1CC(=O)NC(C)c1ccccc1. The highest BCUT2D eigenvalue weighted by Crippen LogP contribution is 2.21. The van der Waals surface area contributed by atoms with E-state index in [1.54, 1.807) is 0 Å². The maximum absolute atomic E-state index is 12.3. The molecule has 2 N–H and O–H groups in total. The van der Waals surface area contributed by atoms with Crippen LogP contribution in [0.2, 0.25) is 0 Å². The summed E-state index contributed by atoms with van der Waals surface area (Å²) in [6.45, 7) is 5.27. The lowest BCUT2D eigenvalue weighted by Crippen LogP contribution is -2.50. The molecule has 0 aromatic heterocycles. The molecule has 4 heteroatoms. The van der Waals surface area contributed by atoms with E-state index >= 15 is 0 Å². The van der Waals surface area contributed by atoms with Crippen LogP contribution in [0.1, 0.15) is 51.1 Å². The Morgan fingerprint density at radius 2 is 2.09 bits per heavy atom. The van der Waals surface area contributed by atoms with E-state index < -0.39 is 0 Å². The smallest absolute Gasteiger partial charge is 0.234 e. The van der Waals surface area contributed by atoms with Crippen LogP contribution in [0.5, 0.6) is 0 Å². The van der Waals surface area contributed by atoms with Crippen LogP contribution >= 0.6 is 0 Å². The second-order valence-corrected chi connectivity index (χ2v) is 6.21. The van der Waals surface area contributed by atoms with Crippen LogP contribution < -0.4 is 5.32 Å². The van der Waals surface area contributed by atoms with Crippen molar-refractivity contribution in [2.75, 3.05) is 13.1 Å². The normalized spacial score (nSPS) is 22.0. The van der Waals surface area contributed by atoms with Gasteiger partial charge >= 0.3 is 0 Å². The average Bonchev–Trinajstić information content (AvgIpc) is 2.55. The Kier molecular flexibility index (Phi) is 6.40. The molecule has 3 atom stereocenters. The quantitative estimate of drug-likeness (QED) is 0.849. The van der Waals surface area contributed by atoms with Gasteiger partial charge in [0.1, 0.15) is 0 Å². The minimum Gasteiger partial charge on any atom is -0.392 e. The average molecular weight is 304 g/mol. The molecule has 1 heterocycles. The molecular weight excluding hydrogens is 276 g/mol. The number of amides is 1. The molecule has 1 saturated heterocycles. The zero-order valence-corrected chi connectivity index (χ0v) is 13.7. The third-order valence-electron chi connectivity index (χ3n) is 4.55. The van der Waals surface area contributed by atoms with Crippen molar-refractivity contribution in [2.24, 2.45) is 0 Å². The van der Waals surface area contributed by atoms with Crippen LogP contribution in [0.4, 0.5) is 0 Å². The molecule has 22 heavy (non-hydrogen) atoms. The van der Waals surface area contributed by atoms with Crippen LogP contribution in [-0.4, -0.2) is 41.1 Å². The van der Waals surface area contributed by atoms with Gasteiger partial charge in [-0.15, -0.1) is 0 Å². The molecule has 2 rings (SSSR count). The second kappa shape index (κ2) is 8.30. The highest BCUT2D eigenvalue weighted by Gasteiger charge is 2.29. The summed E-state index contributed by atoms with van der Waals surface area (Å²) in [7, 11) is 0. The van der Waals surface area contributed by atoms with Gasteiger partial charge in [-0.1, -0.05) is 43.7 Å². The lowest BCUT2D eigenvalue weighted by molar-refractivity contribution is -0.124. The fraction of sp³-hybridized carbons (Fsp3) is 0.611. The van der Waals surface area contributed by atoms with Crippen molar-refractivity contribution in [3.63, 3.8) is 0 Å². The van der Waals surface area contributed by atoms with E-state index in [4.69, 9.17) is 0 Å². The number of carbonyl (C=O) groups is 1. The second-order valence-electron chi connectivity index (χ2n) is 6.21. The number of piperidine rings is 1. The summed E-state index contributed by atoms with van der Waals surface area (Å²) in [5.41, 5.74) is 1.11. The molecule has 0 aliphatic carbocycles. The summed E-state index contributed by atoms with van der Waals surface area (Å²) in [5, 5.41) is 13.2. The Balaban J connectivity index is 1.90. The molecule has 1 fully saturated rings. The van der Waals surface area contributed by atoms with Gasteiger partial charge in [0.2, 0.25) is 5.91 Å². The number of hydrogen-bond donors (Lipinski definition) is 2. The Morgan fingerprint density at radius 1 is 1.36 bits per heavy atom. The Labute approximate surface area is 133 Å². The fourth-order valence-electron chi connectivity index (χ4n) is 3.22. The maximum atomic E-state index is 12.3. The van der Waals surface area contributed by atoms with Crippen LogP contribution in [0.25, 0.3) is 0 Å². The van der Waals surface area contributed by atoms with E-state index in [0.717, 1.165) is 37.8 Å². The van der Waals surface area contributed by atoms with Crippen LogP contribution in [-0.2, 0) is 4.79 Å². The van der Waals surface area contributed by atoms with Crippen molar-refractivity contribution < 1.29 is 9.90 Å². The third kappa shape index (κ3) is 4.55. The van der Waals surface area contributed by atoms with E-state index in [2.05, 4.69) is 10.2 Å². The number of rotatable bonds is 6. The molecule has 4 nitrogen and oxygen atoms in total. The van der Waals surface area contributed by atoms with Gasteiger partial charge in [0.05, 0.1) is 18.7 Å². The maximum Gasteiger partial charge on any atom is 0.234 e. The predicted octanol–water partition coefficient (Wildman–Crippen LogP) is 2.49. The first-order chi connectivity index (χ1) is 10.6. The van der Waals surface area contributed by atoms with E-state index in [1.807, 2.05) is 44.2 Å². The molecular formula is C18H28N2O2. The van der Waals surface area contributed by atoms with Crippen molar-refractivity contribution in [2.45, 2.75) is 57.7 Å². The highest BCUT2D eigenvalue weighted by atomic mass is 16.3. The predicted molar refractivity (Wildman–Crippen MR) is 88.5 cm³/mol. The van der Waals surface area contributed by atoms with Gasteiger partial charge in [-0.3, -0.25) is 9.69 Å². The van der Waals surface area contributed by atoms with E-state index in [0.29, 0.717) is 6.54 Å². The number of aliphatic hydroxyl groups is 1. The summed E-state index contributed by atoms with van der Waals surface area (Å²) in [4.78, 5) is 14.5. The zero-order valence-electron chi connectivity index (χ0n) is 13.7. The topological polar surface area (TPSA) is 52.6 Å². The molecule has 0 spiro atoms. The first-order valence-electron chi connectivity index (χ1n) is 8.38. The molecule has 1 aromatic carbocycles. The molecule has 0 saturated carbocycles. The van der Waals surface area contributed by atoms with Gasteiger partial charge in [-0.05, 0) is 38.3 Å². The lowest BCUT2D eigenvalue weighted by Gasteiger charge is -2.38. The Morgan fingerprint density at radius 3 is 2.77 bits per heavy atom. The first kappa shape index (κ1) is 17.0. The number of nitrogens with one attached hydrogen (secondary N) is 1. The Bertz CT molecular complexity index is 463. The lowest BCUT2D eigenvalue weighted by atomic mass is 9.96. The van der Waals surface area contributed by atoms with Crippen LogP contribution in [0, 0.1) is 0 Å². The number of likely N-dealkylation sites (tertiary alicyclic amines) is 1. The van der Waals surface area contributed by atoms with Gasteiger partial charge in [-0.25, -0.2) is 0 Å². The molecule has 1 aromatic rings. The number of nitrogens with zero attached hydrogens (tertiary/aromatic N) is 1. The summed E-state index contributed by atoms with van der Waals surface area (Å²) < 4.78 is 0. The van der Waals surface area contributed by atoms with Crippen molar-refractivity contribution in [1.29, 1.82) is 0 Å². The Hall–Kier alpha value is -1.39. The number of benzene rings is 1. The molecule has 1 amide bonds. The summed E-state index contributed by atoms with van der Waals surface area (Å²) in [6, 6.07) is 10.1. The summed E-state index contributed by atoms with van der Waals surface area (Å²) in [5.74, 6) is 0.0338. The molecule has 122 valence electrons. The molecule has 1 aliphatic rings. The number of carbonyl (C=O) groups excluding carboxylic acids is 1. The highest BCUT2D eigenvalue weighted by molar-refractivity contribution is 5.78. The standard InChI is InChI=1S/C18H28N2O2/c1-3-17(21)16-11-7-8-12-20(16)13-18(22)19-14(2)15-9-5-4-6-10-15/h4-6,9-10,14,16-17,21H,3,7-8,11-13H2,1-2H3,(H,19,22). The molecule has 0 bridgehead atoms. The summed E-state index contributed by atoms with van der Waals surface area (Å²) >= 11 is 0. The van der Waals surface area contributed by atoms with Gasteiger partial charge in [-0.2, -0.15) is 0 Å². The number of aliphatic hydroxyl groups excluding tert-OH is 1. The van der Waals surface area contributed by atoms with Gasteiger partial charge in [0, 0.05) is 6.04 Å². The van der Waals surface area contributed by atoms with E-state index in [-0.39, 0.29) is 24.1 Å². The van der Waals surface area contributed by atoms with E-state index in [9.17, 15) is 9.90 Å². The monoisotopic (exact) mass is 304 g/mol. The first-order valence-corrected chi connectivity index (χ1v) is 8.38. The fourth-order valence-corrected chi connectivity index (χ4v) is 3.22. The molecule has 3 unspecified atom stereocenters. The van der Waals surface area contributed by atoms with Crippen molar-refractivity contribution in [1.82, 2.24) is 10.2 Å². The minimum atomic E-state index is -0.334. The molecule has 1 aliphatic heterocycles.